The van der Waals surface area contributed by atoms with Crippen molar-refractivity contribution in [3.8, 4) is 0 Å². The maximum atomic E-state index is 5.57. The highest BCUT2D eigenvalue weighted by Gasteiger charge is 2.37. The number of nitrogens with zero attached hydrogens (tertiary/aromatic N) is 6. The van der Waals surface area contributed by atoms with Gasteiger partial charge in [0.25, 0.3) is 0 Å². The molecule has 2 aromatic rings. The Labute approximate surface area is 141 Å². The summed E-state index contributed by atoms with van der Waals surface area (Å²) < 4.78 is 13.1. The van der Waals surface area contributed by atoms with Crippen LogP contribution in [0.4, 0.5) is 0 Å². The van der Waals surface area contributed by atoms with Gasteiger partial charge in [0, 0.05) is 26.6 Å². The van der Waals surface area contributed by atoms with E-state index in [-0.39, 0.29) is 12.1 Å². The van der Waals surface area contributed by atoms with Crippen molar-refractivity contribution in [3.05, 3.63) is 23.9 Å². The van der Waals surface area contributed by atoms with Gasteiger partial charge in [-0.2, -0.15) is 4.98 Å². The summed E-state index contributed by atoms with van der Waals surface area (Å²) in [6.07, 6.45) is 7.70. The van der Waals surface area contributed by atoms with E-state index < -0.39 is 0 Å². The van der Waals surface area contributed by atoms with Crippen LogP contribution >= 0.6 is 0 Å². The average molecular weight is 332 g/mol. The number of methoxy groups -OCH3 is 1. The molecule has 8 nitrogen and oxygen atoms in total. The molecule has 2 aliphatic rings. The predicted molar refractivity (Wildman–Crippen MR) is 85.1 cm³/mol. The van der Waals surface area contributed by atoms with Crippen molar-refractivity contribution in [3.63, 3.8) is 0 Å². The molecule has 2 atom stereocenters. The van der Waals surface area contributed by atoms with Gasteiger partial charge in [0.05, 0.1) is 18.7 Å². The lowest BCUT2D eigenvalue weighted by Crippen LogP contribution is -2.26. The van der Waals surface area contributed by atoms with Gasteiger partial charge in [0.1, 0.15) is 12.2 Å². The molecule has 3 heterocycles. The maximum Gasteiger partial charge on any atom is 0.240 e. The molecule has 2 fully saturated rings. The summed E-state index contributed by atoms with van der Waals surface area (Å²) in [5.74, 6) is 2.98. The van der Waals surface area contributed by atoms with Crippen LogP contribution in [-0.2, 0) is 18.3 Å². The van der Waals surface area contributed by atoms with Gasteiger partial charge in [-0.05, 0) is 19.3 Å². The minimum atomic E-state index is 0.157. The predicted octanol–water partition coefficient (Wildman–Crippen LogP) is 1.82. The normalized spacial score (nSPS) is 25.8. The second-order valence-electron chi connectivity index (χ2n) is 6.87. The SMILES string of the molecule is CO[C@@H]1C[C@@H](c2nncn2C)N(Cc2nc(C3CCCC3)no2)C1. The van der Waals surface area contributed by atoms with Crippen molar-refractivity contribution in [1.29, 1.82) is 0 Å². The van der Waals surface area contributed by atoms with E-state index in [1.165, 1.54) is 25.7 Å². The molecule has 1 saturated heterocycles. The highest BCUT2D eigenvalue weighted by atomic mass is 16.5. The molecule has 0 unspecified atom stereocenters. The zero-order valence-electron chi connectivity index (χ0n) is 14.3. The molecule has 4 rings (SSSR count). The lowest BCUT2D eigenvalue weighted by atomic mass is 10.1. The molecule has 0 spiro atoms. The molecular formula is C16H24N6O2. The van der Waals surface area contributed by atoms with Crippen LogP contribution in [0.15, 0.2) is 10.9 Å². The van der Waals surface area contributed by atoms with Crippen LogP contribution in [0, 0.1) is 0 Å². The molecule has 24 heavy (non-hydrogen) atoms. The van der Waals surface area contributed by atoms with Gasteiger partial charge in [0.15, 0.2) is 5.82 Å². The molecule has 0 amide bonds. The van der Waals surface area contributed by atoms with Crippen LogP contribution in [0.5, 0.6) is 0 Å². The minimum absolute atomic E-state index is 0.157. The van der Waals surface area contributed by atoms with Crippen LogP contribution in [0.25, 0.3) is 0 Å². The summed E-state index contributed by atoms with van der Waals surface area (Å²) in [4.78, 5) is 6.94. The quantitative estimate of drug-likeness (QED) is 0.826. The number of rotatable bonds is 5. The lowest BCUT2D eigenvalue weighted by Gasteiger charge is -2.21. The second-order valence-corrected chi connectivity index (χ2v) is 6.87. The van der Waals surface area contributed by atoms with E-state index in [0.29, 0.717) is 18.4 Å². The van der Waals surface area contributed by atoms with Gasteiger partial charge < -0.3 is 13.8 Å². The van der Waals surface area contributed by atoms with Crippen molar-refractivity contribution >= 4 is 0 Å². The number of aryl methyl sites for hydroxylation is 1. The van der Waals surface area contributed by atoms with Gasteiger partial charge in [-0.1, -0.05) is 18.0 Å². The monoisotopic (exact) mass is 332 g/mol. The summed E-state index contributed by atoms with van der Waals surface area (Å²) >= 11 is 0. The van der Waals surface area contributed by atoms with Gasteiger partial charge in [-0.25, -0.2) is 0 Å². The van der Waals surface area contributed by atoms with E-state index in [9.17, 15) is 0 Å². The Balaban J connectivity index is 1.50. The van der Waals surface area contributed by atoms with Crippen molar-refractivity contribution in [1.82, 2.24) is 29.8 Å². The molecule has 0 radical (unpaired) electrons. The summed E-state index contributed by atoms with van der Waals surface area (Å²) in [6.45, 7) is 1.45. The maximum absolute atomic E-state index is 5.57. The Morgan fingerprint density at radius 3 is 2.88 bits per heavy atom. The molecular weight excluding hydrogens is 308 g/mol. The topological polar surface area (TPSA) is 82.1 Å². The standard InChI is InChI=1S/C16H24N6O2/c1-21-10-17-19-16(21)13-7-12(23-2)8-22(13)9-14-18-15(20-24-14)11-5-3-4-6-11/h10-13H,3-9H2,1-2H3/t12-,13+/m1/s1. The molecule has 1 aliphatic heterocycles. The van der Waals surface area contributed by atoms with Gasteiger partial charge in [-0.3, -0.25) is 4.90 Å². The van der Waals surface area contributed by atoms with Crippen molar-refractivity contribution in [2.75, 3.05) is 13.7 Å². The Bertz CT molecular complexity index is 678. The Morgan fingerprint density at radius 2 is 2.17 bits per heavy atom. The highest BCUT2D eigenvalue weighted by molar-refractivity contribution is 5.03. The Kier molecular flexibility index (Phi) is 4.32. The van der Waals surface area contributed by atoms with E-state index in [2.05, 4.69) is 25.2 Å². The fourth-order valence-electron chi connectivity index (χ4n) is 3.93. The van der Waals surface area contributed by atoms with Crippen LogP contribution in [0.1, 0.15) is 61.6 Å². The molecule has 1 aliphatic carbocycles. The lowest BCUT2D eigenvalue weighted by molar-refractivity contribution is 0.105. The van der Waals surface area contributed by atoms with E-state index in [0.717, 1.165) is 24.6 Å². The van der Waals surface area contributed by atoms with E-state index in [4.69, 9.17) is 9.26 Å². The summed E-state index contributed by atoms with van der Waals surface area (Å²) in [5.41, 5.74) is 0. The van der Waals surface area contributed by atoms with Crippen LogP contribution in [0.2, 0.25) is 0 Å². The third-order valence-electron chi connectivity index (χ3n) is 5.29. The van der Waals surface area contributed by atoms with Crippen molar-refractivity contribution in [2.45, 2.75) is 56.7 Å². The molecule has 0 bridgehead atoms. The molecule has 2 aromatic heterocycles. The number of likely N-dealkylation sites (tertiary alicyclic amines) is 1. The average Bonchev–Trinajstić information content (AvgIpc) is 3.34. The molecule has 1 saturated carbocycles. The summed E-state index contributed by atoms with van der Waals surface area (Å²) in [6, 6.07) is 0.157. The third-order valence-corrected chi connectivity index (χ3v) is 5.29. The first-order valence-corrected chi connectivity index (χ1v) is 8.68. The fraction of sp³-hybridized carbons (Fsp3) is 0.750. The first-order chi connectivity index (χ1) is 11.7. The zero-order chi connectivity index (χ0) is 16.5. The third kappa shape index (κ3) is 2.95. The molecule has 0 aromatic carbocycles. The van der Waals surface area contributed by atoms with Crippen LogP contribution in [0.3, 0.4) is 0 Å². The smallest absolute Gasteiger partial charge is 0.240 e. The highest BCUT2D eigenvalue weighted by Crippen LogP contribution is 2.34. The fourth-order valence-corrected chi connectivity index (χ4v) is 3.93. The van der Waals surface area contributed by atoms with E-state index in [1.54, 1.807) is 13.4 Å². The molecule has 130 valence electrons. The number of ether oxygens (including phenoxy) is 1. The first-order valence-electron chi connectivity index (χ1n) is 8.68. The van der Waals surface area contributed by atoms with Crippen LogP contribution in [-0.4, -0.2) is 49.6 Å². The first kappa shape index (κ1) is 15.7. The largest absolute Gasteiger partial charge is 0.380 e. The van der Waals surface area contributed by atoms with E-state index >= 15 is 0 Å². The zero-order valence-corrected chi connectivity index (χ0v) is 14.3. The molecule has 8 heteroatoms. The van der Waals surface area contributed by atoms with Gasteiger partial charge in [-0.15, -0.1) is 10.2 Å². The minimum Gasteiger partial charge on any atom is -0.380 e. The number of hydrogen-bond acceptors (Lipinski definition) is 7. The second kappa shape index (κ2) is 6.60. The number of aromatic nitrogens is 5. The van der Waals surface area contributed by atoms with Gasteiger partial charge in [0.2, 0.25) is 5.89 Å². The van der Waals surface area contributed by atoms with E-state index in [1.807, 2.05) is 11.6 Å². The van der Waals surface area contributed by atoms with Crippen LogP contribution < -0.4 is 0 Å². The summed E-state index contributed by atoms with van der Waals surface area (Å²) in [5, 5.41) is 12.5. The Morgan fingerprint density at radius 1 is 1.33 bits per heavy atom. The van der Waals surface area contributed by atoms with Gasteiger partial charge >= 0.3 is 0 Å². The van der Waals surface area contributed by atoms with Crippen molar-refractivity contribution in [2.24, 2.45) is 7.05 Å². The number of hydrogen-bond donors (Lipinski definition) is 0. The van der Waals surface area contributed by atoms with Crippen molar-refractivity contribution < 1.29 is 9.26 Å². The summed E-state index contributed by atoms with van der Waals surface area (Å²) in [7, 11) is 3.73. The Hall–Kier alpha value is -1.80. The molecule has 0 N–H and O–H groups in total.